The van der Waals surface area contributed by atoms with Crippen molar-refractivity contribution in [3.63, 3.8) is 0 Å². The van der Waals surface area contributed by atoms with Gasteiger partial charge in [-0.15, -0.1) is 13.2 Å². The monoisotopic (exact) mass is 397 g/mol. The third kappa shape index (κ3) is 5.84. The van der Waals surface area contributed by atoms with Crippen LogP contribution in [0.1, 0.15) is 18.1 Å². The Balaban J connectivity index is 2.05. The molecule has 0 amide bonds. The minimum atomic E-state index is -4.80. The molecule has 0 saturated heterocycles. The molecule has 1 unspecified atom stereocenters. The second kappa shape index (κ2) is 8.68. The Morgan fingerprint density at radius 1 is 1.23 bits per heavy atom. The predicted octanol–water partition coefficient (Wildman–Crippen LogP) is 4.27. The number of nitrogens with one attached hydrogen (secondary N) is 1. The van der Waals surface area contributed by atoms with Crippen LogP contribution in [0.15, 0.2) is 30.5 Å². The summed E-state index contributed by atoms with van der Waals surface area (Å²) in [6.07, 6.45) is -5.46. The van der Waals surface area contributed by atoms with E-state index >= 15 is 0 Å². The molecule has 1 N–H and O–H groups in total. The van der Waals surface area contributed by atoms with Gasteiger partial charge in [0.1, 0.15) is 10.9 Å². The maximum atomic E-state index is 12.5. The predicted molar refractivity (Wildman–Crippen MR) is 86.6 cm³/mol. The van der Waals surface area contributed by atoms with Crippen LogP contribution < -0.4 is 10.1 Å². The second-order valence-electron chi connectivity index (χ2n) is 5.60. The van der Waals surface area contributed by atoms with Gasteiger partial charge in [-0.25, -0.2) is 13.5 Å². The van der Waals surface area contributed by atoms with Crippen molar-refractivity contribution < 1.29 is 26.7 Å². The Morgan fingerprint density at radius 2 is 1.92 bits per heavy atom. The van der Waals surface area contributed by atoms with Crippen molar-refractivity contribution in [2.75, 3.05) is 6.54 Å². The van der Waals surface area contributed by atoms with E-state index < -0.39 is 18.8 Å². The average molecular weight is 398 g/mol. The number of aromatic nitrogens is 2. The van der Waals surface area contributed by atoms with Crippen molar-refractivity contribution in [1.82, 2.24) is 15.1 Å². The Labute approximate surface area is 151 Å². The number of nitrogens with zero attached hydrogens (tertiary/aromatic N) is 2. The summed E-state index contributed by atoms with van der Waals surface area (Å²) in [5.41, 5.74) is 0.862. The highest BCUT2D eigenvalue weighted by atomic mass is 35.5. The topological polar surface area (TPSA) is 39.1 Å². The number of rotatable bonds is 8. The summed E-state index contributed by atoms with van der Waals surface area (Å²) < 4.78 is 67.6. The normalized spacial score (nSPS) is 13.2. The molecule has 1 atom stereocenters. The maximum absolute atomic E-state index is 12.5. The Hall–Kier alpha value is -1.87. The van der Waals surface area contributed by atoms with Crippen LogP contribution >= 0.6 is 11.6 Å². The first kappa shape index (κ1) is 20.4. The van der Waals surface area contributed by atoms with E-state index in [0.29, 0.717) is 12.0 Å². The number of ether oxygens (including phenoxy) is 1. The molecule has 0 aliphatic heterocycles. The Bertz CT molecular complexity index is 720. The second-order valence-corrected chi connectivity index (χ2v) is 5.96. The van der Waals surface area contributed by atoms with E-state index in [-0.39, 0.29) is 29.6 Å². The van der Waals surface area contributed by atoms with Gasteiger partial charge in [-0.05, 0) is 26.0 Å². The van der Waals surface area contributed by atoms with Crippen LogP contribution in [0.3, 0.4) is 0 Å². The molecule has 0 aliphatic rings. The molecule has 0 spiro atoms. The molecule has 1 aromatic carbocycles. The number of hydrogen-bond donors (Lipinski definition) is 1. The van der Waals surface area contributed by atoms with E-state index in [1.807, 2.05) is 0 Å². The highest BCUT2D eigenvalue weighted by molar-refractivity contribution is 6.30. The smallest absolute Gasteiger partial charge is 0.405 e. The van der Waals surface area contributed by atoms with Gasteiger partial charge < -0.3 is 10.1 Å². The lowest BCUT2D eigenvalue weighted by atomic mass is 10.2. The number of para-hydroxylation sites is 1. The molecule has 0 saturated carbocycles. The lowest BCUT2D eigenvalue weighted by Crippen LogP contribution is -2.33. The molecule has 10 heteroatoms. The van der Waals surface area contributed by atoms with Gasteiger partial charge in [0.15, 0.2) is 0 Å². The molecule has 4 nitrogen and oxygen atoms in total. The summed E-state index contributed by atoms with van der Waals surface area (Å²) in [5, 5.41) is 6.95. The van der Waals surface area contributed by atoms with Crippen molar-refractivity contribution in [3.05, 3.63) is 46.7 Å². The summed E-state index contributed by atoms with van der Waals surface area (Å²) in [6, 6.07) is 4.74. The highest BCUT2D eigenvalue weighted by Crippen LogP contribution is 2.28. The van der Waals surface area contributed by atoms with E-state index in [2.05, 4.69) is 15.2 Å². The van der Waals surface area contributed by atoms with Gasteiger partial charge in [-0.2, -0.15) is 5.10 Å². The van der Waals surface area contributed by atoms with Gasteiger partial charge in [0, 0.05) is 11.1 Å². The number of benzene rings is 1. The van der Waals surface area contributed by atoms with Crippen LogP contribution in [-0.4, -0.2) is 35.2 Å². The first-order valence-corrected chi connectivity index (χ1v) is 8.10. The lowest BCUT2D eigenvalue weighted by Gasteiger charge is -2.14. The summed E-state index contributed by atoms with van der Waals surface area (Å²) in [4.78, 5) is 0. The van der Waals surface area contributed by atoms with E-state index in [9.17, 15) is 22.0 Å². The highest BCUT2D eigenvalue weighted by Gasteiger charge is 2.32. The SMILES string of the molecule is CC(NCCc1cnn(Cc2ccccc2OC(F)(F)F)c1Cl)C(F)F. The van der Waals surface area contributed by atoms with Gasteiger partial charge >= 0.3 is 6.36 Å². The zero-order valence-electron chi connectivity index (χ0n) is 13.7. The molecule has 0 aliphatic carbocycles. The largest absolute Gasteiger partial charge is 0.573 e. The zero-order valence-corrected chi connectivity index (χ0v) is 14.5. The molecule has 2 rings (SSSR count). The van der Waals surface area contributed by atoms with Crippen LogP contribution in [-0.2, 0) is 13.0 Å². The van der Waals surface area contributed by atoms with E-state index in [1.165, 1.54) is 36.0 Å². The zero-order chi connectivity index (χ0) is 19.3. The molecule has 1 aromatic heterocycles. The summed E-state index contributed by atoms with van der Waals surface area (Å²) in [5.74, 6) is -0.333. The molecule has 2 aromatic rings. The summed E-state index contributed by atoms with van der Waals surface area (Å²) in [6.45, 7) is 1.62. The molecule has 0 bridgehead atoms. The first-order valence-electron chi connectivity index (χ1n) is 7.72. The third-order valence-corrected chi connectivity index (χ3v) is 4.04. The number of alkyl halides is 5. The fourth-order valence-electron chi connectivity index (χ4n) is 2.23. The first-order chi connectivity index (χ1) is 12.2. The fraction of sp³-hybridized carbons (Fsp3) is 0.438. The quantitative estimate of drug-likeness (QED) is 0.676. The minimum Gasteiger partial charge on any atom is -0.405 e. The number of halogens is 6. The van der Waals surface area contributed by atoms with Crippen molar-refractivity contribution in [1.29, 1.82) is 0 Å². The van der Waals surface area contributed by atoms with Gasteiger partial charge in [0.25, 0.3) is 6.43 Å². The summed E-state index contributed by atoms with van der Waals surface area (Å²) in [7, 11) is 0. The summed E-state index contributed by atoms with van der Waals surface area (Å²) >= 11 is 6.20. The Kier molecular flexibility index (Phi) is 6.82. The average Bonchev–Trinajstić information content (AvgIpc) is 2.88. The van der Waals surface area contributed by atoms with Gasteiger partial charge in [-0.1, -0.05) is 29.8 Å². The van der Waals surface area contributed by atoms with Gasteiger partial charge in [0.2, 0.25) is 0 Å². The van der Waals surface area contributed by atoms with Gasteiger partial charge in [-0.3, -0.25) is 0 Å². The van der Waals surface area contributed by atoms with E-state index in [0.717, 1.165) is 0 Å². The molecule has 0 radical (unpaired) electrons. The molecular weight excluding hydrogens is 381 g/mol. The van der Waals surface area contributed by atoms with Crippen molar-refractivity contribution in [2.45, 2.75) is 38.7 Å². The van der Waals surface area contributed by atoms with Crippen LogP contribution in [0.2, 0.25) is 5.15 Å². The van der Waals surface area contributed by atoms with Crippen LogP contribution in [0.25, 0.3) is 0 Å². The third-order valence-electron chi connectivity index (χ3n) is 3.60. The minimum absolute atomic E-state index is 0.0219. The van der Waals surface area contributed by atoms with Crippen molar-refractivity contribution in [3.8, 4) is 5.75 Å². The van der Waals surface area contributed by atoms with Crippen molar-refractivity contribution >= 4 is 11.6 Å². The van der Waals surface area contributed by atoms with Crippen molar-refractivity contribution in [2.24, 2.45) is 0 Å². The van der Waals surface area contributed by atoms with Crippen LogP contribution in [0, 0.1) is 0 Å². The molecule has 26 heavy (non-hydrogen) atoms. The van der Waals surface area contributed by atoms with Crippen LogP contribution in [0.5, 0.6) is 5.75 Å². The van der Waals surface area contributed by atoms with E-state index in [1.54, 1.807) is 6.07 Å². The van der Waals surface area contributed by atoms with Crippen LogP contribution in [0.4, 0.5) is 22.0 Å². The molecule has 144 valence electrons. The lowest BCUT2D eigenvalue weighted by molar-refractivity contribution is -0.274. The fourth-order valence-corrected chi connectivity index (χ4v) is 2.48. The number of hydrogen-bond acceptors (Lipinski definition) is 3. The Morgan fingerprint density at radius 3 is 2.58 bits per heavy atom. The molecular formula is C16H17ClF5N3O. The standard InChI is InChI=1S/C16H17ClF5N3O/c1-10(15(18)19)23-7-6-11-8-24-25(14(11)17)9-12-4-2-3-5-13(12)26-16(20,21)22/h2-5,8,10,15,23H,6-7,9H2,1H3. The molecule has 1 heterocycles. The van der Waals surface area contributed by atoms with E-state index in [4.69, 9.17) is 11.6 Å². The maximum Gasteiger partial charge on any atom is 0.573 e. The van der Waals surface area contributed by atoms with Gasteiger partial charge in [0.05, 0.1) is 18.8 Å². The molecule has 0 fully saturated rings.